The molecule has 2 aromatic carbocycles. The fourth-order valence-electron chi connectivity index (χ4n) is 2.41. The molecule has 0 saturated heterocycles. The van der Waals surface area contributed by atoms with Gasteiger partial charge >= 0.3 is 5.97 Å². The van der Waals surface area contributed by atoms with E-state index in [1.807, 2.05) is 0 Å². The second-order valence-electron chi connectivity index (χ2n) is 5.44. The normalized spacial score (nSPS) is 11.9. The van der Waals surface area contributed by atoms with Gasteiger partial charge in [0, 0.05) is 16.3 Å². The molecule has 26 heavy (non-hydrogen) atoms. The van der Waals surface area contributed by atoms with Crippen LogP contribution in [-0.2, 0) is 4.79 Å². The molecule has 0 aliphatic carbocycles. The summed E-state index contributed by atoms with van der Waals surface area (Å²) in [5.41, 5.74) is 7.01. The molecule has 0 unspecified atom stereocenters. The van der Waals surface area contributed by atoms with Gasteiger partial charge in [0.05, 0.1) is 11.3 Å². The van der Waals surface area contributed by atoms with E-state index in [1.165, 1.54) is 24.5 Å². The number of nitrogens with one attached hydrogen (secondary N) is 1. The third-order valence-corrected chi connectivity index (χ3v) is 3.71. The van der Waals surface area contributed by atoms with Gasteiger partial charge in [0.25, 0.3) is 0 Å². The van der Waals surface area contributed by atoms with Crippen LogP contribution in [0.3, 0.4) is 0 Å². The summed E-state index contributed by atoms with van der Waals surface area (Å²) >= 11 is 6.00. The number of halogens is 1. The van der Waals surface area contributed by atoms with Crippen LogP contribution >= 0.6 is 11.6 Å². The maximum atomic E-state index is 12.7. The maximum Gasteiger partial charge on any atom is 0.338 e. The van der Waals surface area contributed by atoms with Crippen molar-refractivity contribution in [2.24, 2.45) is 16.7 Å². The van der Waals surface area contributed by atoms with Gasteiger partial charge in [-0.2, -0.15) is 5.10 Å². The molecule has 0 radical (unpaired) electrons. The van der Waals surface area contributed by atoms with Crippen molar-refractivity contribution >= 4 is 41.0 Å². The van der Waals surface area contributed by atoms with E-state index in [2.05, 4.69) is 10.4 Å². The van der Waals surface area contributed by atoms with Gasteiger partial charge in [-0.3, -0.25) is 4.79 Å². The zero-order valence-corrected chi connectivity index (χ0v) is 14.6. The Hall–Kier alpha value is -3.32. The van der Waals surface area contributed by atoms with E-state index in [4.69, 9.17) is 23.2 Å². The Morgan fingerprint density at radius 2 is 1.92 bits per heavy atom. The molecule has 0 saturated carbocycles. The fourth-order valence-corrected chi connectivity index (χ4v) is 2.70. The Bertz CT molecular complexity index is 902. The van der Waals surface area contributed by atoms with Gasteiger partial charge in [-0.05, 0) is 42.3 Å². The third kappa shape index (κ3) is 4.40. The van der Waals surface area contributed by atoms with E-state index < -0.39 is 11.8 Å². The van der Waals surface area contributed by atoms with Crippen LogP contribution in [0.15, 0.2) is 53.3 Å². The molecule has 0 heterocycles. The largest absolute Gasteiger partial charge is 0.478 e. The first kappa shape index (κ1) is 19.0. The summed E-state index contributed by atoms with van der Waals surface area (Å²) in [6.07, 6.45) is 1.25. The zero-order valence-electron chi connectivity index (χ0n) is 13.9. The van der Waals surface area contributed by atoms with Gasteiger partial charge in [0.2, 0.25) is 5.78 Å². The van der Waals surface area contributed by atoms with E-state index in [1.54, 1.807) is 31.2 Å². The first-order valence-corrected chi connectivity index (χ1v) is 7.85. The van der Waals surface area contributed by atoms with Crippen LogP contribution in [0, 0.1) is 6.92 Å². The number of carbonyl (C=O) groups is 2. The fraction of sp³-hybridized carbons (Fsp3) is 0.0556. The molecular weight excluding hydrogens is 356 g/mol. The number of hydrogen-bond donors (Lipinski definition) is 4. The van der Waals surface area contributed by atoms with Crippen molar-refractivity contribution in [2.75, 3.05) is 5.32 Å². The molecule has 0 amide bonds. The van der Waals surface area contributed by atoms with E-state index in [0.29, 0.717) is 10.7 Å². The minimum Gasteiger partial charge on any atom is -0.478 e. The molecule has 0 aliphatic heterocycles. The lowest BCUT2D eigenvalue weighted by Crippen LogP contribution is -2.18. The Labute approximate surface area is 155 Å². The van der Waals surface area contributed by atoms with E-state index in [-0.39, 0.29) is 22.4 Å². The van der Waals surface area contributed by atoms with Gasteiger partial charge in [-0.25, -0.2) is 4.79 Å². The Morgan fingerprint density at radius 3 is 2.54 bits per heavy atom. The van der Waals surface area contributed by atoms with Crippen molar-refractivity contribution in [3.8, 4) is 0 Å². The van der Waals surface area contributed by atoms with Gasteiger partial charge in [-0.15, -0.1) is 0 Å². The SMILES string of the molecule is Cc1cc(Cl)cc(C(C(=O)O)=C(N)C(=O)c2cccc(NC=NN)c2)c1. The van der Waals surface area contributed by atoms with Crippen LogP contribution < -0.4 is 16.9 Å². The molecular formula is C18H17ClN4O3. The number of benzene rings is 2. The predicted octanol–water partition coefficient (Wildman–Crippen LogP) is 2.60. The lowest BCUT2D eigenvalue weighted by atomic mass is 9.97. The number of nitrogens with two attached hydrogens (primary N) is 2. The number of Topliss-reactive ketones (excluding diaryl/α,β-unsaturated/α-hetero) is 1. The molecule has 6 N–H and O–H groups in total. The average Bonchev–Trinajstić information content (AvgIpc) is 2.58. The summed E-state index contributed by atoms with van der Waals surface area (Å²) in [5.74, 6) is 3.09. The highest BCUT2D eigenvalue weighted by Gasteiger charge is 2.22. The lowest BCUT2D eigenvalue weighted by Gasteiger charge is -2.10. The molecule has 2 aromatic rings. The number of hydrazone groups is 1. The molecule has 134 valence electrons. The number of rotatable bonds is 6. The molecule has 0 bridgehead atoms. The molecule has 0 aliphatic rings. The number of carboxylic acid groups (broad SMARTS) is 1. The van der Waals surface area contributed by atoms with Crippen molar-refractivity contribution < 1.29 is 14.7 Å². The highest BCUT2D eigenvalue weighted by Crippen LogP contribution is 2.25. The summed E-state index contributed by atoms with van der Waals surface area (Å²) in [5, 5.41) is 16.0. The Kier molecular flexibility index (Phi) is 5.98. The van der Waals surface area contributed by atoms with Crippen molar-refractivity contribution in [2.45, 2.75) is 6.92 Å². The number of aryl methyl sites for hydroxylation is 1. The van der Waals surface area contributed by atoms with E-state index >= 15 is 0 Å². The van der Waals surface area contributed by atoms with Gasteiger partial charge in [0.15, 0.2) is 0 Å². The molecule has 0 atom stereocenters. The minimum atomic E-state index is -1.32. The second kappa shape index (κ2) is 8.17. The molecule has 2 rings (SSSR count). The predicted molar refractivity (Wildman–Crippen MR) is 102 cm³/mol. The van der Waals surface area contributed by atoms with Crippen molar-refractivity contribution in [1.29, 1.82) is 0 Å². The lowest BCUT2D eigenvalue weighted by molar-refractivity contribution is -0.130. The van der Waals surface area contributed by atoms with Crippen LogP contribution in [0.4, 0.5) is 5.69 Å². The Balaban J connectivity index is 2.51. The van der Waals surface area contributed by atoms with Crippen LogP contribution in [0.5, 0.6) is 0 Å². The van der Waals surface area contributed by atoms with Crippen LogP contribution in [-0.4, -0.2) is 23.2 Å². The van der Waals surface area contributed by atoms with Gasteiger partial charge < -0.3 is 22.0 Å². The number of nitrogens with zero attached hydrogens (tertiary/aromatic N) is 1. The van der Waals surface area contributed by atoms with E-state index in [9.17, 15) is 14.7 Å². The Morgan fingerprint density at radius 1 is 1.19 bits per heavy atom. The van der Waals surface area contributed by atoms with Crippen molar-refractivity contribution in [1.82, 2.24) is 0 Å². The van der Waals surface area contributed by atoms with Crippen LogP contribution in [0.1, 0.15) is 21.5 Å². The molecule has 0 aromatic heterocycles. The number of anilines is 1. The van der Waals surface area contributed by atoms with Gasteiger partial charge in [-0.1, -0.05) is 29.8 Å². The van der Waals surface area contributed by atoms with E-state index in [0.717, 1.165) is 5.56 Å². The highest BCUT2D eigenvalue weighted by molar-refractivity contribution is 6.31. The molecule has 7 nitrogen and oxygen atoms in total. The molecule has 0 fully saturated rings. The summed E-state index contributed by atoms with van der Waals surface area (Å²) in [4.78, 5) is 24.4. The first-order valence-electron chi connectivity index (χ1n) is 7.47. The molecule has 0 spiro atoms. The smallest absolute Gasteiger partial charge is 0.338 e. The van der Waals surface area contributed by atoms with Gasteiger partial charge in [0.1, 0.15) is 6.34 Å². The third-order valence-electron chi connectivity index (χ3n) is 3.49. The maximum absolute atomic E-state index is 12.7. The highest BCUT2D eigenvalue weighted by atomic mass is 35.5. The number of carbonyl (C=O) groups excluding carboxylic acids is 1. The zero-order chi connectivity index (χ0) is 19.3. The van der Waals surface area contributed by atoms with Crippen LogP contribution in [0.2, 0.25) is 5.02 Å². The summed E-state index contributed by atoms with van der Waals surface area (Å²) in [7, 11) is 0. The first-order chi connectivity index (χ1) is 12.3. The average molecular weight is 373 g/mol. The summed E-state index contributed by atoms with van der Waals surface area (Å²) < 4.78 is 0. The number of aliphatic carboxylic acids is 1. The topological polar surface area (TPSA) is 131 Å². The monoisotopic (exact) mass is 372 g/mol. The summed E-state index contributed by atoms with van der Waals surface area (Å²) in [6.45, 7) is 1.76. The van der Waals surface area contributed by atoms with Crippen molar-refractivity contribution in [3.05, 3.63) is 69.9 Å². The quantitative estimate of drug-likeness (QED) is 0.154. The van der Waals surface area contributed by atoms with Crippen molar-refractivity contribution in [3.63, 3.8) is 0 Å². The number of hydrogen-bond acceptors (Lipinski definition) is 5. The minimum absolute atomic E-state index is 0.218. The number of ketones is 1. The second-order valence-corrected chi connectivity index (χ2v) is 5.88. The number of allylic oxidation sites excluding steroid dienone is 1. The van der Waals surface area contributed by atoms with Crippen LogP contribution in [0.25, 0.3) is 5.57 Å². The number of carboxylic acids is 1. The summed E-state index contributed by atoms with van der Waals surface area (Å²) in [6, 6.07) is 11.1. The molecule has 8 heteroatoms. The standard InChI is InChI=1S/C18H17ClN4O3/c1-10-5-12(7-13(19)6-10)15(18(25)26)16(20)17(24)11-3-2-4-14(8-11)22-9-23-21/h2-9H,20-21H2,1H3,(H,22,23)(H,25,26).